The summed E-state index contributed by atoms with van der Waals surface area (Å²) in [6.07, 6.45) is 4.29. The molecule has 0 amide bonds. The Bertz CT molecular complexity index is 944. The number of nitrogens with one attached hydrogen (secondary N) is 1. The molecule has 140 valence electrons. The molecule has 0 spiro atoms. The molecule has 4 rings (SSSR count). The molecule has 9 heteroatoms. The number of ether oxygens (including phenoxy) is 1. The summed E-state index contributed by atoms with van der Waals surface area (Å²) in [4.78, 5) is 9.08. The normalized spacial score (nSPS) is 20.3. The van der Waals surface area contributed by atoms with Gasteiger partial charge in [0.1, 0.15) is 17.1 Å². The summed E-state index contributed by atoms with van der Waals surface area (Å²) in [7, 11) is 2.01. The van der Waals surface area contributed by atoms with Gasteiger partial charge in [0.25, 0.3) is 0 Å². The fraction of sp³-hybridized carbons (Fsp3) is 0.444. The van der Waals surface area contributed by atoms with E-state index in [0.29, 0.717) is 37.8 Å². The molecular formula is C18H22N8O. The Balaban J connectivity index is 1.91. The number of hydrogen-bond acceptors (Lipinski definition) is 8. The van der Waals surface area contributed by atoms with Crippen LogP contribution in [-0.4, -0.2) is 72.3 Å². The molecule has 2 fully saturated rings. The van der Waals surface area contributed by atoms with Gasteiger partial charge in [-0.1, -0.05) is 0 Å². The molecule has 0 aromatic carbocycles. The van der Waals surface area contributed by atoms with Gasteiger partial charge >= 0.3 is 0 Å². The molecule has 0 radical (unpaired) electrons. The number of fused-ring (bicyclic) bond motifs is 1. The average Bonchev–Trinajstić information content (AvgIpc) is 3.09. The molecule has 4 heterocycles. The molecule has 2 aliphatic heterocycles. The standard InChI is InChI=1S/C18H22N8O/c1-24-11-18(10-20,12-24)14-8-16(25-4-6-27-7-5-25)23-17-13(14)9-22-26(17)15(21)2-3-19/h2-3,8-9,19H,4-7,11-12,21H2,1H3/b15-2+,19-3?. The zero-order valence-corrected chi connectivity index (χ0v) is 15.2. The number of morpholine rings is 1. The van der Waals surface area contributed by atoms with Gasteiger partial charge in [0.2, 0.25) is 0 Å². The van der Waals surface area contributed by atoms with Gasteiger partial charge in [-0.05, 0) is 24.8 Å². The maximum Gasteiger partial charge on any atom is 0.167 e. The highest BCUT2D eigenvalue weighted by Gasteiger charge is 2.45. The quantitative estimate of drug-likeness (QED) is 0.751. The Morgan fingerprint density at radius 1 is 1.41 bits per heavy atom. The summed E-state index contributed by atoms with van der Waals surface area (Å²) in [6, 6.07) is 4.54. The van der Waals surface area contributed by atoms with E-state index >= 15 is 0 Å². The van der Waals surface area contributed by atoms with E-state index in [2.05, 4.69) is 21.0 Å². The van der Waals surface area contributed by atoms with E-state index in [1.807, 2.05) is 13.1 Å². The number of likely N-dealkylation sites (tertiary alicyclic amines) is 1. The van der Waals surface area contributed by atoms with Crippen LogP contribution in [0.15, 0.2) is 18.3 Å². The van der Waals surface area contributed by atoms with Crippen LogP contribution in [0.4, 0.5) is 5.82 Å². The average molecular weight is 366 g/mol. The minimum atomic E-state index is -0.579. The van der Waals surface area contributed by atoms with Crippen molar-refractivity contribution in [2.75, 3.05) is 51.3 Å². The molecule has 2 aromatic heterocycles. The number of nitriles is 1. The van der Waals surface area contributed by atoms with E-state index in [1.54, 1.807) is 6.20 Å². The third-order valence-corrected chi connectivity index (χ3v) is 5.17. The van der Waals surface area contributed by atoms with Gasteiger partial charge < -0.3 is 25.7 Å². The van der Waals surface area contributed by atoms with Crippen molar-refractivity contribution in [2.45, 2.75) is 5.41 Å². The molecule has 2 aromatic rings. The lowest BCUT2D eigenvalue weighted by Crippen LogP contribution is -2.56. The van der Waals surface area contributed by atoms with Crippen LogP contribution in [0.1, 0.15) is 5.56 Å². The van der Waals surface area contributed by atoms with Crippen molar-refractivity contribution < 1.29 is 4.74 Å². The zero-order chi connectivity index (χ0) is 19.0. The fourth-order valence-electron chi connectivity index (χ4n) is 3.86. The Hall–Kier alpha value is -2.96. The second kappa shape index (κ2) is 6.64. The third-order valence-electron chi connectivity index (χ3n) is 5.17. The highest BCUT2D eigenvalue weighted by molar-refractivity contribution is 5.87. The summed E-state index contributed by atoms with van der Waals surface area (Å²) in [5, 5.41) is 22.4. The van der Waals surface area contributed by atoms with Gasteiger partial charge in [-0.3, -0.25) is 0 Å². The Labute approximate surface area is 157 Å². The minimum Gasteiger partial charge on any atom is -0.384 e. The first-order chi connectivity index (χ1) is 13.1. The van der Waals surface area contributed by atoms with Gasteiger partial charge in [0, 0.05) is 37.8 Å². The van der Waals surface area contributed by atoms with Crippen molar-refractivity contribution in [1.29, 1.82) is 10.7 Å². The van der Waals surface area contributed by atoms with Gasteiger partial charge in [-0.15, -0.1) is 0 Å². The summed E-state index contributed by atoms with van der Waals surface area (Å²) in [5.74, 6) is 1.11. The van der Waals surface area contributed by atoms with E-state index in [9.17, 15) is 5.26 Å². The SMILES string of the molecule is CN1CC(C#N)(c2cc(N3CCOCC3)nc3c2cnn3/C(N)=C/C=N)C1. The molecular weight excluding hydrogens is 344 g/mol. The minimum absolute atomic E-state index is 0.314. The van der Waals surface area contributed by atoms with Gasteiger partial charge in [-0.2, -0.15) is 15.0 Å². The number of pyridine rings is 1. The van der Waals surface area contributed by atoms with Crippen molar-refractivity contribution in [2.24, 2.45) is 5.73 Å². The maximum absolute atomic E-state index is 9.94. The van der Waals surface area contributed by atoms with Crippen LogP contribution < -0.4 is 10.6 Å². The predicted octanol–water partition coefficient (Wildman–Crippen LogP) is 0.381. The van der Waals surface area contributed by atoms with Crippen molar-refractivity contribution in [3.8, 4) is 6.07 Å². The topological polar surface area (TPSA) is 120 Å². The number of nitrogens with zero attached hydrogens (tertiary/aromatic N) is 6. The molecule has 0 bridgehead atoms. The molecule has 0 aliphatic carbocycles. The summed E-state index contributed by atoms with van der Waals surface area (Å²) in [6.45, 7) is 4.13. The number of nitrogens with two attached hydrogens (primary N) is 1. The summed E-state index contributed by atoms with van der Waals surface area (Å²) < 4.78 is 6.98. The van der Waals surface area contributed by atoms with Gasteiger partial charge in [0.05, 0.1) is 25.5 Å². The molecule has 0 atom stereocenters. The van der Waals surface area contributed by atoms with Crippen LogP contribution >= 0.6 is 0 Å². The second-order valence-corrected chi connectivity index (χ2v) is 7.05. The van der Waals surface area contributed by atoms with Crippen LogP contribution in [0.2, 0.25) is 0 Å². The predicted molar refractivity (Wildman–Crippen MR) is 103 cm³/mol. The molecule has 9 nitrogen and oxygen atoms in total. The summed E-state index contributed by atoms with van der Waals surface area (Å²) in [5.41, 5.74) is 7.03. The molecule has 27 heavy (non-hydrogen) atoms. The maximum atomic E-state index is 9.94. The van der Waals surface area contributed by atoms with Crippen molar-refractivity contribution >= 4 is 28.9 Å². The first-order valence-electron chi connectivity index (χ1n) is 8.86. The van der Waals surface area contributed by atoms with E-state index in [0.717, 1.165) is 36.1 Å². The number of anilines is 1. The van der Waals surface area contributed by atoms with E-state index in [-0.39, 0.29) is 0 Å². The number of hydrogen-bond donors (Lipinski definition) is 2. The molecule has 2 aliphatic rings. The Morgan fingerprint density at radius 3 is 2.78 bits per heavy atom. The molecule has 3 N–H and O–H groups in total. The van der Waals surface area contributed by atoms with Crippen molar-refractivity contribution in [3.63, 3.8) is 0 Å². The Kier molecular flexibility index (Phi) is 4.30. The lowest BCUT2D eigenvalue weighted by Gasteiger charge is -2.44. The van der Waals surface area contributed by atoms with Crippen LogP contribution in [-0.2, 0) is 10.2 Å². The van der Waals surface area contributed by atoms with Gasteiger partial charge in [0.15, 0.2) is 5.65 Å². The van der Waals surface area contributed by atoms with Crippen molar-refractivity contribution in [1.82, 2.24) is 19.7 Å². The first kappa shape index (κ1) is 17.5. The lowest BCUT2D eigenvalue weighted by molar-refractivity contribution is 0.122. The highest BCUT2D eigenvalue weighted by atomic mass is 16.5. The van der Waals surface area contributed by atoms with Gasteiger partial charge in [-0.25, -0.2) is 4.98 Å². The zero-order valence-electron chi connectivity index (χ0n) is 15.2. The van der Waals surface area contributed by atoms with Crippen molar-refractivity contribution in [3.05, 3.63) is 23.9 Å². The third kappa shape index (κ3) is 2.83. The van der Waals surface area contributed by atoms with Crippen LogP contribution in [0.3, 0.4) is 0 Å². The molecule has 0 unspecified atom stereocenters. The summed E-state index contributed by atoms with van der Waals surface area (Å²) >= 11 is 0. The van der Waals surface area contributed by atoms with Crippen LogP contribution in [0.25, 0.3) is 16.9 Å². The number of rotatable bonds is 4. The monoisotopic (exact) mass is 366 g/mol. The Morgan fingerprint density at radius 2 is 2.15 bits per heavy atom. The van der Waals surface area contributed by atoms with E-state index in [1.165, 1.54) is 10.8 Å². The first-order valence-corrected chi connectivity index (χ1v) is 8.86. The second-order valence-electron chi connectivity index (χ2n) is 7.05. The van der Waals surface area contributed by atoms with E-state index in [4.69, 9.17) is 20.9 Å². The van der Waals surface area contributed by atoms with Crippen LogP contribution in [0, 0.1) is 16.7 Å². The highest BCUT2D eigenvalue weighted by Crippen LogP contribution is 2.39. The largest absolute Gasteiger partial charge is 0.384 e. The van der Waals surface area contributed by atoms with E-state index < -0.39 is 5.41 Å². The van der Waals surface area contributed by atoms with Crippen LogP contribution in [0.5, 0.6) is 0 Å². The fourth-order valence-corrected chi connectivity index (χ4v) is 3.86. The molecule has 0 saturated carbocycles. The number of allylic oxidation sites excluding steroid dienone is 1. The smallest absolute Gasteiger partial charge is 0.167 e. The number of likely N-dealkylation sites (N-methyl/N-ethyl adjacent to an activating group) is 1. The number of aromatic nitrogens is 3. The lowest BCUT2D eigenvalue weighted by atomic mass is 9.74. The molecule has 2 saturated heterocycles.